The Labute approximate surface area is 156 Å². The molecule has 1 N–H and O–H groups in total. The van der Waals surface area contributed by atoms with E-state index in [1.807, 2.05) is 6.92 Å². The van der Waals surface area contributed by atoms with Crippen LogP contribution in [0.15, 0.2) is 35.2 Å². The molecule has 1 atom stereocenters. The van der Waals surface area contributed by atoms with E-state index in [9.17, 15) is 13.2 Å². The summed E-state index contributed by atoms with van der Waals surface area (Å²) in [5.41, 5.74) is 0.773. The van der Waals surface area contributed by atoms with E-state index in [4.69, 9.17) is 4.74 Å². The largest absolute Gasteiger partial charge is 0.383 e. The fourth-order valence-electron chi connectivity index (χ4n) is 2.94. The highest BCUT2D eigenvalue weighted by Gasteiger charge is 2.24. The number of hydrogen-bond acceptors (Lipinski definition) is 4. The predicted molar refractivity (Wildman–Crippen MR) is 102 cm³/mol. The van der Waals surface area contributed by atoms with Crippen LogP contribution in [0.2, 0.25) is 0 Å². The highest BCUT2D eigenvalue weighted by Crippen LogP contribution is 2.20. The van der Waals surface area contributed by atoms with E-state index in [0.29, 0.717) is 24.6 Å². The first-order chi connectivity index (χ1) is 12.4. The van der Waals surface area contributed by atoms with Gasteiger partial charge in [0.05, 0.1) is 11.5 Å². The Balaban J connectivity index is 2.01. The molecule has 1 aliphatic rings. The number of methoxy groups -OCH3 is 1. The van der Waals surface area contributed by atoms with Crippen LogP contribution < -0.4 is 5.32 Å². The SMILES string of the molecule is COCC(C)NC(=O)C=Cc1ccc(S(=O)(=O)N2CCCCCC2)cc1. The molecule has 0 spiro atoms. The van der Waals surface area contributed by atoms with Crippen molar-refractivity contribution in [3.05, 3.63) is 35.9 Å². The van der Waals surface area contributed by atoms with Crippen LogP contribution in [0.3, 0.4) is 0 Å². The number of nitrogens with zero attached hydrogens (tertiary/aromatic N) is 1. The lowest BCUT2D eigenvalue weighted by atomic mass is 10.2. The topological polar surface area (TPSA) is 75.7 Å². The minimum Gasteiger partial charge on any atom is -0.383 e. The summed E-state index contributed by atoms with van der Waals surface area (Å²) in [4.78, 5) is 12.1. The third-order valence-corrected chi connectivity index (χ3v) is 6.23. The average molecular weight is 381 g/mol. The second-order valence-corrected chi connectivity index (χ2v) is 8.52. The van der Waals surface area contributed by atoms with E-state index in [1.54, 1.807) is 41.8 Å². The second kappa shape index (κ2) is 9.85. The second-order valence-electron chi connectivity index (χ2n) is 6.59. The van der Waals surface area contributed by atoms with Gasteiger partial charge in [-0.3, -0.25) is 4.79 Å². The molecule has 26 heavy (non-hydrogen) atoms. The minimum atomic E-state index is -3.44. The van der Waals surface area contributed by atoms with Gasteiger partial charge in [-0.2, -0.15) is 4.31 Å². The lowest BCUT2D eigenvalue weighted by molar-refractivity contribution is -0.117. The molecular weight excluding hydrogens is 352 g/mol. The summed E-state index contributed by atoms with van der Waals surface area (Å²) in [5, 5.41) is 2.78. The molecule has 1 fully saturated rings. The Morgan fingerprint density at radius 1 is 1.19 bits per heavy atom. The molecule has 7 heteroatoms. The van der Waals surface area contributed by atoms with Crippen molar-refractivity contribution in [1.82, 2.24) is 9.62 Å². The quantitative estimate of drug-likeness (QED) is 0.737. The molecule has 0 aromatic heterocycles. The van der Waals surface area contributed by atoms with Gasteiger partial charge >= 0.3 is 0 Å². The van der Waals surface area contributed by atoms with E-state index in [0.717, 1.165) is 31.2 Å². The lowest BCUT2D eigenvalue weighted by Crippen LogP contribution is -2.34. The number of ether oxygens (including phenoxy) is 1. The van der Waals surface area contributed by atoms with Crippen molar-refractivity contribution in [1.29, 1.82) is 0 Å². The minimum absolute atomic E-state index is 0.0710. The number of benzene rings is 1. The van der Waals surface area contributed by atoms with Crippen LogP contribution in [0.25, 0.3) is 6.08 Å². The Hall–Kier alpha value is -1.70. The zero-order chi connectivity index (χ0) is 19.0. The number of hydrogen-bond donors (Lipinski definition) is 1. The maximum Gasteiger partial charge on any atom is 0.244 e. The van der Waals surface area contributed by atoms with E-state index >= 15 is 0 Å². The molecule has 0 saturated carbocycles. The number of carbonyl (C=O) groups excluding carboxylic acids is 1. The van der Waals surface area contributed by atoms with E-state index in [1.165, 1.54) is 6.08 Å². The van der Waals surface area contributed by atoms with Gasteiger partial charge in [0.25, 0.3) is 0 Å². The van der Waals surface area contributed by atoms with Gasteiger partial charge in [-0.1, -0.05) is 25.0 Å². The van der Waals surface area contributed by atoms with Crippen molar-refractivity contribution in [2.24, 2.45) is 0 Å². The maximum absolute atomic E-state index is 12.7. The van der Waals surface area contributed by atoms with Gasteiger partial charge in [0.1, 0.15) is 0 Å². The van der Waals surface area contributed by atoms with E-state index in [-0.39, 0.29) is 11.9 Å². The Kier molecular flexibility index (Phi) is 7.81. The molecular formula is C19H28N2O4S. The van der Waals surface area contributed by atoms with Crippen molar-refractivity contribution in [2.45, 2.75) is 43.5 Å². The van der Waals surface area contributed by atoms with Crippen molar-refractivity contribution in [2.75, 3.05) is 26.8 Å². The molecule has 144 valence electrons. The van der Waals surface area contributed by atoms with Gasteiger partial charge in [0.2, 0.25) is 15.9 Å². The van der Waals surface area contributed by atoms with Gasteiger partial charge in [-0.05, 0) is 43.5 Å². The lowest BCUT2D eigenvalue weighted by Gasteiger charge is -2.19. The summed E-state index contributed by atoms with van der Waals surface area (Å²) in [5.74, 6) is -0.212. The molecule has 2 rings (SSSR count). The fourth-order valence-corrected chi connectivity index (χ4v) is 4.45. The van der Waals surface area contributed by atoms with E-state index < -0.39 is 10.0 Å². The van der Waals surface area contributed by atoms with Crippen molar-refractivity contribution in [3.8, 4) is 0 Å². The number of carbonyl (C=O) groups is 1. The summed E-state index contributed by atoms with van der Waals surface area (Å²) in [6, 6.07) is 6.56. The smallest absolute Gasteiger partial charge is 0.244 e. The molecule has 0 bridgehead atoms. The molecule has 1 saturated heterocycles. The van der Waals surface area contributed by atoms with Crippen LogP contribution in [-0.4, -0.2) is 51.5 Å². The highest BCUT2D eigenvalue weighted by atomic mass is 32.2. The number of rotatable bonds is 7. The first-order valence-corrected chi connectivity index (χ1v) is 10.4. The monoisotopic (exact) mass is 380 g/mol. The predicted octanol–water partition coefficient (Wildman–Crippen LogP) is 2.42. The molecule has 1 aromatic carbocycles. The van der Waals surface area contributed by atoms with Gasteiger partial charge in [0.15, 0.2) is 0 Å². The Morgan fingerprint density at radius 2 is 1.81 bits per heavy atom. The van der Waals surface area contributed by atoms with Crippen LogP contribution >= 0.6 is 0 Å². The molecule has 6 nitrogen and oxygen atoms in total. The molecule has 1 amide bonds. The zero-order valence-corrected chi connectivity index (χ0v) is 16.3. The first-order valence-electron chi connectivity index (χ1n) is 9.01. The fraction of sp³-hybridized carbons (Fsp3) is 0.526. The summed E-state index contributed by atoms with van der Waals surface area (Å²) in [6.07, 6.45) is 7.09. The first kappa shape index (κ1) is 20.6. The van der Waals surface area contributed by atoms with Gasteiger partial charge in [0, 0.05) is 32.3 Å². The number of nitrogens with one attached hydrogen (secondary N) is 1. The van der Waals surface area contributed by atoms with Crippen LogP contribution in [0.1, 0.15) is 38.2 Å². The van der Waals surface area contributed by atoms with Gasteiger partial charge in [-0.15, -0.1) is 0 Å². The van der Waals surface area contributed by atoms with Crippen LogP contribution in [0.4, 0.5) is 0 Å². The van der Waals surface area contributed by atoms with Gasteiger partial charge in [-0.25, -0.2) is 8.42 Å². The highest BCUT2D eigenvalue weighted by molar-refractivity contribution is 7.89. The molecule has 1 aromatic rings. The van der Waals surface area contributed by atoms with Crippen molar-refractivity contribution < 1.29 is 17.9 Å². The van der Waals surface area contributed by atoms with Crippen LogP contribution in [0.5, 0.6) is 0 Å². The standard InChI is InChI=1S/C19H28N2O4S/c1-16(15-25-2)20-19(22)12-9-17-7-10-18(11-8-17)26(23,24)21-13-5-3-4-6-14-21/h7-12,16H,3-6,13-15H2,1-2H3,(H,20,22). The molecule has 1 aliphatic heterocycles. The summed E-state index contributed by atoms with van der Waals surface area (Å²) in [7, 11) is -1.86. The van der Waals surface area contributed by atoms with Crippen LogP contribution in [-0.2, 0) is 19.6 Å². The third kappa shape index (κ3) is 5.93. The molecule has 0 aliphatic carbocycles. The normalized spacial score (nSPS) is 17.8. The van der Waals surface area contributed by atoms with E-state index in [2.05, 4.69) is 5.32 Å². The number of amides is 1. The summed E-state index contributed by atoms with van der Waals surface area (Å²) in [6.45, 7) is 3.48. The molecule has 0 radical (unpaired) electrons. The molecule has 1 unspecified atom stereocenters. The maximum atomic E-state index is 12.7. The average Bonchev–Trinajstić information content (AvgIpc) is 2.90. The zero-order valence-electron chi connectivity index (χ0n) is 15.5. The molecule has 1 heterocycles. The van der Waals surface area contributed by atoms with Gasteiger partial charge < -0.3 is 10.1 Å². The van der Waals surface area contributed by atoms with Crippen molar-refractivity contribution in [3.63, 3.8) is 0 Å². The Morgan fingerprint density at radius 3 is 2.38 bits per heavy atom. The summed E-state index contributed by atoms with van der Waals surface area (Å²) < 4.78 is 32.0. The Bertz CT molecular complexity index is 706. The van der Waals surface area contributed by atoms with Crippen LogP contribution in [0, 0.1) is 0 Å². The third-order valence-electron chi connectivity index (χ3n) is 4.32. The number of sulfonamides is 1. The summed E-state index contributed by atoms with van der Waals surface area (Å²) >= 11 is 0. The van der Waals surface area contributed by atoms with Crippen molar-refractivity contribution >= 4 is 22.0 Å².